The minimum Gasteiger partial charge on any atom is -0.258 e. The first-order valence-corrected chi connectivity index (χ1v) is 4.58. The summed E-state index contributed by atoms with van der Waals surface area (Å²) in [6.07, 6.45) is 11.9. The second-order valence-corrected chi connectivity index (χ2v) is 4.16. The van der Waals surface area contributed by atoms with Crippen molar-refractivity contribution in [2.75, 3.05) is 0 Å². The fraction of sp³-hybridized carbons (Fsp3) is 0.250. The molecule has 2 heterocycles. The summed E-state index contributed by atoms with van der Waals surface area (Å²) in [5.74, 6) is 0. The predicted octanol–water partition coefficient (Wildman–Crippen LogP) is 1.17. The maximum atomic E-state index is 11.4. The van der Waals surface area contributed by atoms with Crippen LogP contribution in [0.25, 0.3) is 0 Å². The third-order valence-electron chi connectivity index (χ3n) is 1.74. The molecule has 1 nitrogen and oxygen atoms in total. The van der Waals surface area contributed by atoms with E-state index in [4.69, 9.17) is 0 Å². The van der Waals surface area contributed by atoms with E-state index in [1.807, 2.05) is 36.5 Å². The molecular weight excluding hydrogens is 144 g/mol. The molecule has 1 unspecified atom stereocenters. The van der Waals surface area contributed by atoms with Gasteiger partial charge in [-0.25, -0.2) is 0 Å². The highest BCUT2D eigenvalue weighted by Gasteiger charge is 2.24. The van der Waals surface area contributed by atoms with Crippen molar-refractivity contribution < 1.29 is 4.21 Å². The van der Waals surface area contributed by atoms with Crippen LogP contribution in [0.3, 0.4) is 0 Å². The largest absolute Gasteiger partial charge is 0.258 e. The molecular formula is C8H8OS. The number of rotatable bonds is 0. The van der Waals surface area contributed by atoms with Crippen molar-refractivity contribution in [1.82, 2.24) is 0 Å². The molecule has 3 atom stereocenters. The Kier molecular flexibility index (Phi) is 1.34. The summed E-state index contributed by atoms with van der Waals surface area (Å²) in [5, 5.41) is 0.333. The Morgan fingerprint density at radius 3 is 1.90 bits per heavy atom. The van der Waals surface area contributed by atoms with E-state index in [1.54, 1.807) is 0 Å². The zero-order valence-corrected chi connectivity index (χ0v) is 6.25. The summed E-state index contributed by atoms with van der Waals surface area (Å²) in [6, 6.07) is 0. The van der Waals surface area contributed by atoms with Crippen LogP contribution in [-0.4, -0.2) is 14.7 Å². The molecule has 52 valence electrons. The molecule has 0 aliphatic carbocycles. The van der Waals surface area contributed by atoms with Crippen LogP contribution in [0.4, 0.5) is 0 Å². The molecule has 10 heavy (non-hydrogen) atoms. The van der Waals surface area contributed by atoms with Gasteiger partial charge in [0.1, 0.15) is 0 Å². The van der Waals surface area contributed by atoms with Gasteiger partial charge in [0.25, 0.3) is 0 Å². The third kappa shape index (κ3) is 0.797. The first kappa shape index (κ1) is 6.10. The Labute approximate surface area is 62.6 Å². The molecule has 0 saturated carbocycles. The fourth-order valence-corrected chi connectivity index (χ4v) is 2.53. The molecule has 0 aromatic rings. The average molecular weight is 152 g/mol. The molecule has 0 fully saturated rings. The quantitative estimate of drug-likeness (QED) is 0.476. The topological polar surface area (TPSA) is 17.1 Å². The Balaban J connectivity index is 2.44. The molecule has 0 spiro atoms. The van der Waals surface area contributed by atoms with Gasteiger partial charge in [-0.05, 0) is 0 Å². The van der Waals surface area contributed by atoms with Crippen molar-refractivity contribution in [2.45, 2.75) is 10.5 Å². The Morgan fingerprint density at radius 2 is 1.40 bits per heavy atom. The smallest absolute Gasteiger partial charge is 0.0721 e. The minimum atomic E-state index is -0.721. The Hall–Kier alpha value is -0.630. The molecule has 0 aromatic carbocycles. The number of allylic oxidation sites excluding steroid dienone is 2. The van der Waals surface area contributed by atoms with Crippen molar-refractivity contribution >= 4 is 10.8 Å². The number of hydrogen-bond donors (Lipinski definition) is 0. The lowest BCUT2D eigenvalue weighted by molar-refractivity contribution is 0.682. The zero-order valence-electron chi connectivity index (χ0n) is 5.44. The first-order valence-electron chi connectivity index (χ1n) is 3.30. The second kappa shape index (κ2) is 2.20. The summed E-state index contributed by atoms with van der Waals surface area (Å²) in [5.41, 5.74) is 0. The number of fused-ring (bicyclic) bond motifs is 2. The van der Waals surface area contributed by atoms with E-state index in [0.717, 1.165) is 0 Å². The van der Waals surface area contributed by atoms with Gasteiger partial charge in [0.15, 0.2) is 0 Å². The van der Waals surface area contributed by atoms with Crippen molar-refractivity contribution in [3.05, 3.63) is 36.5 Å². The molecule has 0 radical (unpaired) electrons. The van der Waals surface area contributed by atoms with Crippen molar-refractivity contribution in [1.29, 1.82) is 0 Å². The van der Waals surface area contributed by atoms with Crippen molar-refractivity contribution in [3.8, 4) is 0 Å². The minimum absolute atomic E-state index is 0.167. The van der Waals surface area contributed by atoms with Gasteiger partial charge in [0.05, 0.1) is 10.5 Å². The lowest BCUT2D eigenvalue weighted by Gasteiger charge is -2.00. The van der Waals surface area contributed by atoms with Crippen LogP contribution >= 0.6 is 0 Å². The van der Waals surface area contributed by atoms with Gasteiger partial charge >= 0.3 is 0 Å². The van der Waals surface area contributed by atoms with Gasteiger partial charge in [-0.2, -0.15) is 0 Å². The summed E-state index contributed by atoms with van der Waals surface area (Å²) in [7, 11) is -0.721. The predicted molar refractivity (Wildman–Crippen MR) is 43.1 cm³/mol. The van der Waals surface area contributed by atoms with Gasteiger partial charge < -0.3 is 0 Å². The van der Waals surface area contributed by atoms with Crippen LogP contribution in [0.5, 0.6) is 0 Å². The number of hydrogen-bond acceptors (Lipinski definition) is 1. The van der Waals surface area contributed by atoms with E-state index >= 15 is 0 Å². The second-order valence-electron chi connectivity index (χ2n) is 2.41. The summed E-state index contributed by atoms with van der Waals surface area (Å²) in [6.45, 7) is 0. The van der Waals surface area contributed by atoms with E-state index in [0.29, 0.717) is 0 Å². The van der Waals surface area contributed by atoms with Crippen LogP contribution in [0.15, 0.2) is 36.5 Å². The molecule has 2 bridgehead atoms. The molecule has 0 N–H and O–H groups in total. The molecule has 0 amide bonds. The van der Waals surface area contributed by atoms with E-state index in [9.17, 15) is 4.21 Å². The monoisotopic (exact) mass is 152 g/mol. The molecule has 0 aromatic heterocycles. The average Bonchev–Trinajstić information content (AvgIpc) is 2.06. The van der Waals surface area contributed by atoms with Crippen molar-refractivity contribution in [3.63, 3.8) is 0 Å². The highest BCUT2D eigenvalue weighted by Crippen LogP contribution is 2.20. The lowest BCUT2D eigenvalue weighted by atomic mass is 10.2. The molecule has 0 saturated heterocycles. The fourth-order valence-electron chi connectivity index (χ4n) is 1.19. The zero-order chi connectivity index (χ0) is 6.97. The summed E-state index contributed by atoms with van der Waals surface area (Å²) in [4.78, 5) is 0. The van der Waals surface area contributed by atoms with Gasteiger partial charge in [-0.1, -0.05) is 36.5 Å². The van der Waals surface area contributed by atoms with Gasteiger partial charge in [-0.3, -0.25) is 4.21 Å². The van der Waals surface area contributed by atoms with Crippen LogP contribution in [0, 0.1) is 0 Å². The highest BCUT2D eigenvalue weighted by molar-refractivity contribution is 7.87. The maximum Gasteiger partial charge on any atom is 0.0721 e. The van der Waals surface area contributed by atoms with Gasteiger partial charge in [0.2, 0.25) is 0 Å². The molecule has 2 heteroatoms. The highest BCUT2D eigenvalue weighted by atomic mass is 32.2. The summed E-state index contributed by atoms with van der Waals surface area (Å²) >= 11 is 0. The van der Waals surface area contributed by atoms with Crippen LogP contribution in [-0.2, 0) is 10.8 Å². The lowest BCUT2D eigenvalue weighted by Crippen LogP contribution is -2.11. The first-order chi connectivity index (χ1) is 4.88. The molecule has 2 aliphatic rings. The van der Waals surface area contributed by atoms with E-state index < -0.39 is 10.8 Å². The van der Waals surface area contributed by atoms with Crippen LogP contribution in [0.1, 0.15) is 0 Å². The molecule has 2 rings (SSSR count). The summed E-state index contributed by atoms with van der Waals surface area (Å²) < 4.78 is 11.4. The van der Waals surface area contributed by atoms with Crippen LogP contribution < -0.4 is 0 Å². The SMILES string of the molecule is O=S1[C@@H]2C=CC=C[C@H]1C=C2. The Bertz CT molecular complexity index is 226. The van der Waals surface area contributed by atoms with E-state index in [1.165, 1.54) is 0 Å². The van der Waals surface area contributed by atoms with Gasteiger partial charge in [-0.15, -0.1) is 0 Å². The maximum absolute atomic E-state index is 11.4. The van der Waals surface area contributed by atoms with Crippen molar-refractivity contribution in [2.24, 2.45) is 0 Å². The third-order valence-corrected chi connectivity index (χ3v) is 3.44. The standard InChI is InChI=1S/C8H8OS/c9-10-7-3-1-2-4-8(10)6-5-7/h1-8H/t7-,8+,10?. The Morgan fingerprint density at radius 1 is 0.900 bits per heavy atom. The van der Waals surface area contributed by atoms with Crippen LogP contribution in [0.2, 0.25) is 0 Å². The van der Waals surface area contributed by atoms with Gasteiger partial charge in [0, 0.05) is 10.8 Å². The van der Waals surface area contributed by atoms with E-state index in [2.05, 4.69) is 0 Å². The molecule has 2 aliphatic heterocycles. The van der Waals surface area contributed by atoms with E-state index in [-0.39, 0.29) is 10.5 Å². The normalized spacial score (nSPS) is 42.2.